The van der Waals surface area contributed by atoms with E-state index in [9.17, 15) is 9.59 Å². The van der Waals surface area contributed by atoms with Gasteiger partial charge in [-0.25, -0.2) is 0 Å². The molecule has 2 aromatic carbocycles. The van der Waals surface area contributed by atoms with E-state index in [0.29, 0.717) is 22.0 Å². The van der Waals surface area contributed by atoms with Crippen LogP contribution in [0.15, 0.2) is 36.4 Å². The fraction of sp³-hybridized carbons (Fsp3) is 0.333. The van der Waals surface area contributed by atoms with Crippen LogP contribution in [0.4, 0.5) is 0 Å². The fourth-order valence-electron chi connectivity index (χ4n) is 4.24. The van der Waals surface area contributed by atoms with Gasteiger partial charge < -0.3 is 9.88 Å². The maximum Gasteiger partial charge on any atom is 0.292 e. The Kier molecular flexibility index (Phi) is 6.61. The second-order valence-corrected chi connectivity index (χ2v) is 9.35. The van der Waals surface area contributed by atoms with E-state index in [4.69, 9.17) is 34.8 Å². The van der Waals surface area contributed by atoms with Crippen molar-refractivity contribution < 1.29 is 9.59 Å². The van der Waals surface area contributed by atoms with Gasteiger partial charge in [0.2, 0.25) is 0 Å². The lowest BCUT2D eigenvalue weighted by atomic mass is 9.95. The number of nitrogens with one attached hydrogen (secondary N) is 1. The lowest BCUT2D eigenvalue weighted by molar-refractivity contribution is -0.117. The summed E-state index contributed by atoms with van der Waals surface area (Å²) in [4.78, 5) is 26.0. The first kappa shape index (κ1) is 22.2. The molecule has 0 bridgehead atoms. The fourth-order valence-corrected chi connectivity index (χ4v) is 5.05. The van der Waals surface area contributed by atoms with E-state index in [1.54, 1.807) is 12.1 Å². The van der Waals surface area contributed by atoms with Crippen LogP contribution in [0.2, 0.25) is 15.2 Å². The molecule has 3 aromatic rings. The third-order valence-corrected chi connectivity index (χ3v) is 6.85. The third-order valence-electron chi connectivity index (χ3n) is 5.87. The van der Waals surface area contributed by atoms with Crippen LogP contribution in [0.25, 0.3) is 10.9 Å². The largest absolute Gasteiger partial charge is 0.346 e. The molecule has 0 radical (unpaired) electrons. The van der Waals surface area contributed by atoms with Gasteiger partial charge in [-0.1, -0.05) is 71.8 Å². The molecule has 0 aliphatic heterocycles. The van der Waals surface area contributed by atoms with Crippen molar-refractivity contribution in [3.8, 4) is 0 Å². The second kappa shape index (κ2) is 9.23. The second-order valence-electron chi connectivity index (χ2n) is 8.15. The number of hydrogen-bond acceptors (Lipinski definition) is 2. The summed E-state index contributed by atoms with van der Waals surface area (Å²) in [5.74, 6) is -1.20. The van der Waals surface area contributed by atoms with Gasteiger partial charge in [0.05, 0.1) is 17.6 Å². The van der Waals surface area contributed by atoms with Crippen LogP contribution < -0.4 is 5.32 Å². The van der Waals surface area contributed by atoms with E-state index in [1.807, 2.05) is 35.8 Å². The van der Waals surface area contributed by atoms with Gasteiger partial charge in [0.1, 0.15) is 5.15 Å². The van der Waals surface area contributed by atoms with E-state index in [0.717, 1.165) is 42.3 Å². The van der Waals surface area contributed by atoms with Crippen molar-refractivity contribution in [2.75, 3.05) is 0 Å². The zero-order valence-electron chi connectivity index (χ0n) is 17.2. The summed E-state index contributed by atoms with van der Waals surface area (Å²) in [6.45, 7) is 2.29. The summed E-state index contributed by atoms with van der Waals surface area (Å²) in [5.41, 5.74) is 2.80. The molecule has 0 saturated heterocycles. The highest BCUT2D eigenvalue weighted by Crippen LogP contribution is 2.33. The Morgan fingerprint density at radius 2 is 1.77 bits per heavy atom. The van der Waals surface area contributed by atoms with Gasteiger partial charge >= 0.3 is 0 Å². The molecule has 4 rings (SSSR count). The standard InChI is InChI=1S/C24H23Cl3N2O2/c1-14-7-10-20-18(11-14)21(22(30)24(31)28-17-5-3-2-4-6-17)23(27)29(20)13-15-8-9-16(25)12-19(15)26/h7-12,17H,2-6,13H2,1H3,(H,28,31). The highest BCUT2D eigenvalue weighted by Gasteiger charge is 2.28. The predicted octanol–water partition coefficient (Wildman–Crippen LogP) is 6.59. The van der Waals surface area contributed by atoms with Gasteiger partial charge in [-0.15, -0.1) is 0 Å². The van der Waals surface area contributed by atoms with Crippen LogP contribution >= 0.6 is 34.8 Å². The summed E-state index contributed by atoms with van der Waals surface area (Å²) in [5, 5.41) is 4.86. The first-order valence-electron chi connectivity index (χ1n) is 10.4. The third kappa shape index (κ3) is 4.62. The number of carbonyl (C=O) groups is 2. The molecule has 4 nitrogen and oxygen atoms in total. The number of Topliss-reactive ketones (excluding diaryl/α,β-unsaturated/α-hetero) is 1. The number of carbonyl (C=O) groups excluding carboxylic acids is 2. The lowest BCUT2D eigenvalue weighted by Crippen LogP contribution is -2.40. The first-order chi connectivity index (χ1) is 14.8. The monoisotopic (exact) mass is 476 g/mol. The molecule has 1 saturated carbocycles. The molecular formula is C24H23Cl3N2O2. The molecule has 1 aromatic heterocycles. The molecule has 1 N–H and O–H groups in total. The van der Waals surface area contributed by atoms with Crippen molar-refractivity contribution in [2.24, 2.45) is 0 Å². The minimum atomic E-state index is -0.605. The van der Waals surface area contributed by atoms with Crippen molar-refractivity contribution >= 4 is 57.4 Å². The molecule has 1 aliphatic rings. The quantitative estimate of drug-likeness (QED) is 0.333. The van der Waals surface area contributed by atoms with Crippen LogP contribution in [-0.2, 0) is 11.3 Å². The van der Waals surface area contributed by atoms with Gasteiger partial charge in [0, 0.05) is 21.5 Å². The van der Waals surface area contributed by atoms with Gasteiger partial charge in [-0.3, -0.25) is 9.59 Å². The molecule has 1 amide bonds. The van der Waals surface area contributed by atoms with Crippen molar-refractivity contribution in [1.82, 2.24) is 9.88 Å². The van der Waals surface area contributed by atoms with Crippen molar-refractivity contribution in [3.63, 3.8) is 0 Å². The zero-order chi connectivity index (χ0) is 22.1. The van der Waals surface area contributed by atoms with Crippen molar-refractivity contribution in [1.29, 1.82) is 0 Å². The van der Waals surface area contributed by atoms with Crippen molar-refractivity contribution in [2.45, 2.75) is 51.6 Å². The molecule has 0 spiro atoms. The molecule has 7 heteroatoms. The Morgan fingerprint density at radius 3 is 2.48 bits per heavy atom. The topological polar surface area (TPSA) is 51.1 Å². The molecule has 1 heterocycles. The van der Waals surface area contributed by atoms with E-state index in [-0.39, 0.29) is 16.8 Å². The number of nitrogens with zero attached hydrogens (tertiary/aromatic N) is 1. The van der Waals surface area contributed by atoms with Gasteiger partial charge in [0.15, 0.2) is 0 Å². The number of benzene rings is 2. The van der Waals surface area contributed by atoms with Crippen molar-refractivity contribution in [3.05, 3.63) is 68.3 Å². The molecule has 1 fully saturated rings. The zero-order valence-corrected chi connectivity index (χ0v) is 19.4. The Bertz CT molecular complexity index is 1160. The molecule has 0 atom stereocenters. The molecule has 0 unspecified atom stereocenters. The summed E-state index contributed by atoms with van der Waals surface area (Å²) in [6.07, 6.45) is 5.12. The first-order valence-corrected chi connectivity index (χ1v) is 11.6. The average molecular weight is 478 g/mol. The maximum absolute atomic E-state index is 13.2. The van der Waals surface area contributed by atoms with E-state index in [2.05, 4.69) is 5.32 Å². The molecule has 1 aliphatic carbocycles. The maximum atomic E-state index is 13.2. The van der Waals surface area contributed by atoms with E-state index < -0.39 is 11.7 Å². The normalized spacial score (nSPS) is 14.7. The Labute approximate surface area is 196 Å². The Morgan fingerprint density at radius 1 is 1.03 bits per heavy atom. The van der Waals surface area contributed by atoms with Gasteiger partial charge in [-0.2, -0.15) is 0 Å². The number of amides is 1. The average Bonchev–Trinajstić information content (AvgIpc) is 3.00. The summed E-state index contributed by atoms with van der Waals surface area (Å²) >= 11 is 19.1. The highest BCUT2D eigenvalue weighted by molar-refractivity contribution is 6.49. The van der Waals surface area contributed by atoms with Crippen LogP contribution in [-0.4, -0.2) is 22.3 Å². The highest BCUT2D eigenvalue weighted by atomic mass is 35.5. The van der Waals surface area contributed by atoms with Gasteiger partial charge in [0.25, 0.3) is 11.7 Å². The summed E-state index contributed by atoms with van der Waals surface area (Å²) in [7, 11) is 0. The van der Waals surface area contributed by atoms with E-state index in [1.165, 1.54) is 6.42 Å². The number of halogens is 3. The number of aryl methyl sites for hydroxylation is 1. The summed E-state index contributed by atoms with van der Waals surface area (Å²) < 4.78 is 1.81. The number of hydrogen-bond donors (Lipinski definition) is 1. The number of fused-ring (bicyclic) bond motifs is 1. The minimum Gasteiger partial charge on any atom is -0.346 e. The molecule has 162 valence electrons. The minimum absolute atomic E-state index is 0.0481. The smallest absolute Gasteiger partial charge is 0.292 e. The number of rotatable bonds is 5. The van der Waals surface area contributed by atoms with Crippen LogP contribution in [0, 0.1) is 6.92 Å². The SMILES string of the molecule is Cc1ccc2c(c1)c(C(=O)C(=O)NC1CCCCC1)c(Cl)n2Cc1ccc(Cl)cc1Cl. The summed E-state index contributed by atoms with van der Waals surface area (Å²) in [6, 6.07) is 11.1. The predicted molar refractivity (Wildman–Crippen MR) is 127 cm³/mol. The Hall–Kier alpha value is -2.01. The Balaban J connectivity index is 1.73. The van der Waals surface area contributed by atoms with Crippen LogP contribution in [0.3, 0.4) is 0 Å². The number of ketones is 1. The number of aromatic nitrogens is 1. The molecule has 31 heavy (non-hydrogen) atoms. The van der Waals surface area contributed by atoms with Crippen LogP contribution in [0.1, 0.15) is 53.6 Å². The lowest BCUT2D eigenvalue weighted by Gasteiger charge is -2.22. The van der Waals surface area contributed by atoms with Crippen LogP contribution in [0.5, 0.6) is 0 Å². The van der Waals surface area contributed by atoms with E-state index >= 15 is 0 Å². The van der Waals surface area contributed by atoms with Gasteiger partial charge in [-0.05, 0) is 49.6 Å². The molecular weight excluding hydrogens is 455 g/mol.